The van der Waals surface area contributed by atoms with Gasteiger partial charge < -0.3 is 9.64 Å². The minimum Gasteiger partial charge on any atom is -0.489 e. The zero-order valence-corrected chi connectivity index (χ0v) is 14.3. The lowest BCUT2D eigenvalue weighted by Crippen LogP contribution is -2.28. The van der Waals surface area contributed by atoms with Gasteiger partial charge in [0.25, 0.3) is 10.0 Å². The Bertz CT molecular complexity index is 791. The van der Waals surface area contributed by atoms with Gasteiger partial charge in [0.05, 0.1) is 22.8 Å². The fourth-order valence-corrected chi connectivity index (χ4v) is 3.56. The summed E-state index contributed by atoms with van der Waals surface area (Å²) in [6.07, 6.45) is 0. The van der Waals surface area contributed by atoms with E-state index in [-0.39, 0.29) is 4.90 Å². The average Bonchev–Trinajstić information content (AvgIpc) is 2.47. The summed E-state index contributed by atoms with van der Waals surface area (Å²) in [5.41, 5.74) is 1.44. The van der Waals surface area contributed by atoms with Crippen LogP contribution in [0.4, 0.5) is 11.4 Å². The van der Waals surface area contributed by atoms with Crippen LogP contribution in [-0.4, -0.2) is 28.6 Å². The smallest absolute Gasteiger partial charge is 0.261 e. The van der Waals surface area contributed by atoms with Crippen molar-refractivity contribution in [3.63, 3.8) is 0 Å². The van der Waals surface area contributed by atoms with E-state index in [2.05, 4.69) is 25.6 Å². The molecule has 22 heavy (non-hydrogen) atoms. The van der Waals surface area contributed by atoms with Crippen molar-refractivity contribution in [3.05, 3.63) is 46.9 Å². The monoisotopic (exact) mass is 382 g/mol. The first-order valence-electron chi connectivity index (χ1n) is 6.72. The summed E-state index contributed by atoms with van der Waals surface area (Å²) in [5.74, 6) is 0.685. The zero-order valence-electron chi connectivity index (χ0n) is 11.9. The molecule has 0 atom stereocenters. The molecule has 2 aromatic rings. The minimum atomic E-state index is -3.61. The number of hydrogen-bond acceptors (Lipinski definition) is 4. The molecule has 7 heteroatoms. The Balaban J connectivity index is 1.88. The van der Waals surface area contributed by atoms with E-state index >= 15 is 0 Å². The van der Waals surface area contributed by atoms with Crippen molar-refractivity contribution in [3.8, 4) is 5.75 Å². The van der Waals surface area contributed by atoms with Crippen molar-refractivity contribution in [2.45, 2.75) is 4.90 Å². The summed E-state index contributed by atoms with van der Waals surface area (Å²) >= 11 is 3.29. The van der Waals surface area contributed by atoms with E-state index in [0.29, 0.717) is 18.0 Å². The predicted octanol–water partition coefficient (Wildman–Crippen LogP) is 3.08. The van der Waals surface area contributed by atoms with E-state index in [0.717, 1.165) is 16.7 Å². The molecule has 1 aliphatic heterocycles. The summed E-state index contributed by atoms with van der Waals surface area (Å²) in [4.78, 5) is 2.29. The number of likely N-dealkylation sites (N-methyl/N-ethyl adjacent to an activating group) is 1. The summed E-state index contributed by atoms with van der Waals surface area (Å²) in [6.45, 7) is 1.41. The standard InChI is InChI=1S/C15H15BrN2O3S/c1-18-8-9-21-15-10-12(4-7-14(15)18)17-22(19,20)13-5-2-11(16)3-6-13/h2-7,10,17H,8-9H2,1H3. The van der Waals surface area contributed by atoms with Gasteiger partial charge in [0.15, 0.2) is 0 Å². The van der Waals surface area contributed by atoms with E-state index in [1.54, 1.807) is 36.4 Å². The molecule has 5 nitrogen and oxygen atoms in total. The number of benzene rings is 2. The minimum absolute atomic E-state index is 0.214. The van der Waals surface area contributed by atoms with Crippen LogP contribution in [0.1, 0.15) is 0 Å². The highest BCUT2D eigenvalue weighted by Gasteiger charge is 2.18. The first-order valence-corrected chi connectivity index (χ1v) is 9.00. The van der Waals surface area contributed by atoms with Crippen LogP contribution in [0.2, 0.25) is 0 Å². The summed E-state index contributed by atoms with van der Waals surface area (Å²) in [6, 6.07) is 11.8. The Labute approximate surface area is 138 Å². The third kappa shape index (κ3) is 3.05. The molecule has 1 heterocycles. The van der Waals surface area contributed by atoms with Crippen LogP contribution in [0, 0.1) is 0 Å². The number of anilines is 2. The largest absolute Gasteiger partial charge is 0.489 e. The normalized spacial score (nSPS) is 14.2. The van der Waals surface area contributed by atoms with Gasteiger partial charge in [-0.1, -0.05) is 15.9 Å². The van der Waals surface area contributed by atoms with Crippen LogP contribution < -0.4 is 14.4 Å². The third-order valence-corrected chi connectivity index (χ3v) is 5.36. The van der Waals surface area contributed by atoms with E-state index in [4.69, 9.17) is 4.74 Å². The Morgan fingerprint density at radius 3 is 2.64 bits per heavy atom. The quantitative estimate of drug-likeness (QED) is 0.885. The molecule has 0 aliphatic carbocycles. The molecular formula is C15H15BrN2O3S. The van der Waals surface area contributed by atoms with Gasteiger partial charge in [-0.05, 0) is 36.4 Å². The van der Waals surface area contributed by atoms with Crippen molar-refractivity contribution in [1.82, 2.24) is 0 Å². The number of rotatable bonds is 3. The van der Waals surface area contributed by atoms with Crippen LogP contribution in [0.3, 0.4) is 0 Å². The molecule has 0 bridgehead atoms. The van der Waals surface area contributed by atoms with E-state index in [1.165, 1.54) is 0 Å². The molecule has 0 spiro atoms. The van der Waals surface area contributed by atoms with E-state index in [9.17, 15) is 8.42 Å². The molecule has 3 rings (SSSR count). The molecule has 2 aromatic carbocycles. The zero-order chi connectivity index (χ0) is 15.7. The topological polar surface area (TPSA) is 58.6 Å². The fourth-order valence-electron chi connectivity index (χ4n) is 2.25. The van der Waals surface area contributed by atoms with E-state index in [1.807, 2.05) is 13.1 Å². The Hall–Kier alpha value is -1.73. The lowest BCUT2D eigenvalue weighted by Gasteiger charge is -2.28. The van der Waals surface area contributed by atoms with Crippen LogP contribution >= 0.6 is 15.9 Å². The van der Waals surface area contributed by atoms with Gasteiger partial charge in [0.2, 0.25) is 0 Å². The maximum atomic E-state index is 12.4. The maximum Gasteiger partial charge on any atom is 0.261 e. The second-order valence-electron chi connectivity index (χ2n) is 5.01. The van der Waals surface area contributed by atoms with Crippen molar-refractivity contribution >= 4 is 37.3 Å². The number of hydrogen-bond donors (Lipinski definition) is 1. The van der Waals surface area contributed by atoms with Crippen molar-refractivity contribution < 1.29 is 13.2 Å². The van der Waals surface area contributed by atoms with Crippen molar-refractivity contribution in [1.29, 1.82) is 0 Å². The van der Waals surface area contributed by atoms with Gasteiger partial charge in [-0.25, -0.2) is 8.42 Å². The molecule has 1 N–H and O–H groups in total. The van der Waals surface area contributed by atoms with Gasteiger partial charge in [-0.2, -0.15) is 0 Å². The molecule has 0 unspecified atom stereocenters. The van der Waals surface area contributed by atoms with Gasteiger partial charge in [0.1, 0.15) is 12.4 Å². The lowest BCUT2D eigenvalue weighted by molar-refractivity contribution is 0.311. The molecule has 0 amide bonds. The molecule has 1 aliphatic rings. The summed E-state index contributed by atoms with van der Waals surface area (Å²) in [5, 5.41) is 0. The number of nitrogens with one attached hydrogen (secondary N) is 1. The molecule has 0 radical (unpaired) electrons. The first kappa shape index (κ1) is 15.2. The number of ether oxygens (including phenoxy) is 1. The lowest BCUT2D eigenvalue weighted by atomic mass is 10.2. The molecular weight excluding hydrogens is 368 g/mol. The number of halogens is 1. The SMILES string of the molecule is CN1CCOc2cc(NS(=O)(=O)c3ccc(Br)cc3)ccc21. The Kier molecular flexibility index (Phi) is 4.01. The fraction of sp³-hybridized carbons (Fsp3) is 0.200. The van der Waals surface area contributed by atoms with Crippen LogP contribution in [0.25, 0.3) is 0 Å². The molecule has 0 fully saturated rings. The summed E-state index contributed by atoms with van der Waals surface area (Å²) < 4.78 is 33.7. The van der Waals surface area contributed by atoms with Gasteiger partial charge in [-0.3, -0.25) is 4.72 Å². The Morgan fingerprint density at radius 1 is 1.18 bits per heavy atom. The van der Waals surface area contributed by atoms with Crippen LogP contribution in [0.15, 0.2) is 51.8 Å². The molecule has 0 aromatic heterocycles. The Morgan fingerprint density at radius 2 is 1.91 bits per heavy atom. The summed E-state index contributed by atoms with van der Waals surface area (Å²) in [7, 11) is -1.63. The first-order chi connectivity index (χ1) is 10.5. The van der Waals surface area contributed by atoms with E-state index < -0.39 is 10.0 Å². The average molecular weight is 383 g/mol. The van der Waals surface area contributed by atoms with Crippen LogP contribution in [-0.2, 0) is 10.0 Å². The second-order valence-corrected chi connectivity index (χ2v) is 7.61. The maximum absolute atomic E-state index is 12.4. The highest BCUT2D eigenvalue weighted by Crippen LogP contribution is 2.33. The second kappa shape index (κ2) is 5.81. The van der Waals surface area contributed by atoms with Gasteiger partial charge >= 0.3 is 0 Å². The highest BCUT2D eigenvalue weighted by atomic mass is 79.9. The van der Waals surface area contributed by atoms with Gasteiger partial charge in [0, 0.05) is 17.6 Å². The van der Waals surface area contributed by atoms with Gasteiger partial charge in [-0.15, -0.1) is 0 Å². The van der Waals surface area contributed by atoms with Crippen LogP contribution in [0.5, 0.6) is 5.75 Å². The number of fused-ring (bicyclic) bond motifs is 1. The molecule has 0 saturated heterocycles. The molecule has 0 saturated carbocycles. The predicted molar refractivity (Wildman–Crippen MR) is 90.2 cm³/mol. The van der Waals surface area contributed by atoms with Crippen molar-refractivity contribution in [2.24, 2.45) is 0 Å². The number of nitrogens with zero attached hydrogens (tertiary/aromatic N) is 1. The molecule has 116 valence electrons. The third-order valence-electron chi connectivity index (χ3n) is 3.43. The highest BCUT2D eigenvalue weighted by molar-refractivity contribution is 9.10. The number of sulfonamides is 1. The van der Waals surface area contributed by atoms with Crippen molar-refractivity contribution in [2.75, 3.05) is 29.8 Å².